The second-order valence-corrected chi connectivity index (χ2v) is 7.94. The highest BCUT2D eigenvalue weighted by molar-refractivity contribution is 5.95. The minimum Gasteiger partial charge on any atom is -0.466 e. The first kappa shape index (κ1) is 23.8. The van der Waals surface area contributed by atoms with Crippen LogP contribution in [0.1, 0.15) is 52.3 Å². The van der Waals surface area contributed by atoms with Gasteiger partial charge >= 0.3 is 6.18 Å². The second kappa shape index (κ2) is 10.2. The molecule has 9 heteroatoms. The average Bonchev–Trinajstić information content (AvgIpc) is 3.37. The van der Waals surface area contributed by atoms with Gasteiger partial charge in [0.15, 0.2) is 0 Å². The summed E-state index contributed by atoms with van der Waals surface area (Å²) in [5.74, 6) is 0.550. The molecule has 1 unspecified atom stereocenters. The number of alkyl halides is 3. The zero-order valence-corrected chi connectivity index (χ0v) is 18.1. The van der Waals surface area contributed by atoms with Gasteiger partial charge in [0, 0.05) is 32.7 Å². The largest absolute Gasteiger partial charge is 0.466 e. The molecule has 32 heavy (non-hydrogen) atoms. The smallest absolute Gasteiger partial charge is 0.416 e. The SMILES string of the molecule is Cc1cc(C(=O)N(CCC(=O)NCc2cccc(C(F)(F)F)c2)CC2CCCO2)c(C)o1. The molecule has 1 aliphatic rings. The van der Waals surface area contributed by atoms with E-state index in [1.807, 2.05) is 0 Å². The molecule has 6 nitrogen and oxygen atoms in total. The third-order valence-electron chi connectivity index (χ3n) is 5.36. The summed E-state index contributed by atoms with van der Waals surface area (Å²) >= 11 is 0. The number of carbonyl (C=O) groups is 2. The van der Waals surface area contributed by atoms with Crippen LogP contribution in [0.4, 0.5) is 13.2 Å². The maximum atomic E-state index is 13.1. The molecule has 1 saturated heterocycles. The quantitative estimate of drug-likeness (QED) is 0.650. The number of furan rings is 1. The third kappa shape index (κ3) is 6.35. The molecule has 1 aromatic carbocycles. The second-order valence-electron chi connectivity index (χ2n) is 7.94. The Balaban J connectivity index is 1.59. The Morgan fingerprint density at radius 3 is 2.62 bits per heavy atom. The molecule has 0 spiro atoms. The summed E-state index contributed by atoms with van der Waals surface area (Å²) in [6, 6.07) is 6.50. The fourth-order valence-corrected chi connectivity index (χ4v) is 3.71. The van der Waals surface area contributed by atoms with E-state index in [-0.39, 0.29) is 37.4 Å². The lowest BCUT2D eigenvalue weighted by Gasteiger charge is -2.25. The molecule has 2 amide bonds. The van der Waals surface area contributed by atoms with Gasteiger partial charge in [-0.25, -0.2) is 0 Å². The number of ether oxygens (including phenoxy) is 1. The number of hydrogen-bond acceptors (Lipinski definition) is 4. The molecular weight excluding hydrogens is 425 g/mol. The number of nitrogens with zero attached hydrogens (tertiary/aromatic N) is 1. The van der Waals surface area contributed by atoms with Gasteiger partial charge in [-0.1, -0.05) is 12.1 Å². The number of amides is 2. The minimum atomic E-state index is -4.44. The molecular formula is C23H27F3N2O4. The van der Waals surface area contributed by atoms with Crippen LogP contribution in [0.3, 0.4) is 0 Å². The standard InChI is InChI=1S/C23H27F3N2O4/c1-15-11-20(16(2)32-15)22(30)28(14-19-7-4-10-31-19)9-8-21(29)27-13-17-5-3-6-18(12-17)23(24,25)26/h3,5-6,11-12,19H,4,7-10,13-14H2,1-2H3,(H,27,29). The Labute approximate surface area is 184 Å². The van der Waals surface area contributed by atoms with Gasteiger partial charge in [0.05, 0.1) is 17.2 Å². The number of benzene rings is 1. The first-order valence-electron chi connectivity index (χ1n) is 10.5. The van der Waals surface area contributed by atoms with Crippen LogP contribution in [-0.4, -0.2) is 42.5 Å². The Morgan fingerprint density at radius 2 is 2.00 bits per heavy atom. The van der Waals surface area contributed by atoms with E-state index in [4.69, 9.17) is 9.15 Å². The summed E-state index contributed by atoms with van der Waals surface area (Å²) in [5, 5.41) is 2.63. The maximum absolute atomic E-state index is 13.1. The normalized spacial score (nSPS) is 16.2. The monoisotopic (exact) mass is 452 g/mol. The first-order valence-corrected chi connectivity index (χ1v) is 10.5. The highest BCUT2D eigenvalue weighted by Gasteiger charge is 2.30. The molecule has 174 valence electrons. The third-order valence-corrected chi connectivity index (χ3v) is 5.36. The number of nitrogens with one attached hydrogen (secondary N) is 1. The van der Waals surface area contributed by atoms with E-state index in [0.29, 0.717) is 35.8 Å². The highest BCUT2D eigenvalue weighted by Crippen LogP contribution is 2.29. The van der Waals surface area contributed by atoms with Gasteiger partial charge in [0.25, 0.3) is 5.91 Å². The van der Waals surface area contributed by atoms with E-state index in [2.05, 4.69) is 5.32 Å². The fourth-order valence-electron chi connectivity index (χ4n) is 3.71. The average molecular weight is 452 g/mol. The summed E-state index contributed by atoms with van der Waals surface area (Å²) in [4.78, 5) is 27.0. The summed E-state index contributed by atoms with van der Waals surface area (Å²) in [5.41, 5.74) is 0.0400. The topological polar surface area (TPSA) is 71.8 Å². The lowest BCUT2D eigenvalue weighted by atomic mass is 10.1. The zero-order chi connectivity index (χ0) is 23.3. The number of hydrogen-bond donors (Lipinski definition) is 1. The highest BCUT2D eigenvalue weighted by atomic mass is 19.4. The van der Waals surface area contributed by atoms with E-state index in [9.17, 15) is 22.8 Å². The Morgan fingerprint density at radius 1 is 1.22 bits per heavy atom. The Bertz CT molecular complexity index is 949. The van der Waals surface area contributed by atoms with E-state index < -0.39 is 11.7 Å². The van der Waals surface area contributed by atoms with Crippen molar-refractivity contribution in [3.05, 3.63) is 58.5 Å². The molecule has 0 saturated carbocycles. The predicted molar refractivity (Wildman–Crippen MR) is 111 cm³/mol. The van der Waals surface area contributed by atoms with E-state index in [1.54, 1.807) is 24.8 Å². The molecule has 1 fully saturated rings. The van der Waals surface area contributed by atoms with Crippen molar-refractivity contribution >= 4 is 11.8 Å². The molecule has 2 aromatic rings. The van der Waals surface area contributed by atoms with Crippen LogP contribution < -0.4 is 5.32 Å². The van der Waals surface area contributed by atoms with Crippen LogP contribution in [-0.2, 0) is 22.3 Å². The first-order chi connectivity index (χ1) is 15.1. The molecule has 1 atom stereocenters. The van der Waals surface area contributed by atoms with Crippen LogP contribution in [0.15, 0.2) is 34.7 Å². The van der Waals surface area contributed by atoms with Gasteiger partial charge in [0.1, 0.15) is 11.5 Å². The lowest BCUT2D eigenvalue weighted by molar-refractivity contribution is -0.137. The number of rotatable bonds is 8. The molecule has 0 radical (unpaired) electrons. The van der Waals surface area contributed by atoms with Crippen LogP contribution in [0.5, 0.6) is 0 Å². The van der Waals surface area contributed by atoms with Crippen molar-refractivity contribution in [2.45, 2.75) is 51.9 Å². The van der Waals surface area contributed by atoms with Crippen LogP contribution in [0.2, 0.25) is 0 Å². The number of aryl methyl sites for hydroxylation is 2. The summed E-state index contributed by atoms with van der Waals surface area (Å²) in [6.45, 7) is 4.62. The fraction of sp³-hybridized carbons (Fsp3) is 0.478. The molecule has 3 rings (SSSR count). The molecule has 0 aliphatic carbocycles. The van der Waals surface area contributed by atoms with Gasteiger partial charge in [-0.05, 0) is 50.5 Å². The molecule has 1 N–H and O–H groups in total. The van der Waals surface area contributed by atoms with Crippen molar-refractivity contribution < 1.29 is 31.9 Å². The maximum Gasteiger partial charge on any atom is 0.416 e. The molecule has 1 aliphatic heterocycles. The number of halogens is 3. The summed E-state index contributed by atoms with van der Waals surface area (Å²) < 4.78 is 49.7. The summed E-state index contributed by atoms with van der Waals surface area (Å²) in [7, 11) is 0. The van der Waals surface area contributed by atoms with Crippen molar-refractivity contribution in [3.8, 4) is 0 Å². The zero-order valence-electron chi connectivity index (χ0n) is 18.1. The summed E-state index contributed by atoms with van der Waals surface area (Å²) in [6.07, 6.45) is -2.73. The van der Waals surface area contributed by atoms with Crippen LogP contribution in [0.25, 0.3) is 0 Å². The van der Waals surface area contributed by atoms with E-state index >= 15 is 0 Å². The van der Waals surface area contributed by atoms with E-state index in [0.717, 1.165) is 25.0 Å². The molecule has 0 bridgehead atoms. The van der Waals surface area contributed by atoms with Gasteiger partial charge in [0.2, 0.25) is 5.91 Å². The molecule has 2 heterocycles. The lowest BCUT2D eigenvalue weighted by Crippen LogP contribution is -2.40. The van der Waals surface area contributed by atoms with Crippen molar-refractivity contribution in [2.75, 3.05) is 19.7 Å². The van der Waals surface area contributed by atoms with Gasteiger partial charge < -0.3 is 19.4 Å². The van der Waals surface area contributed by atoms with Crippen LogP contribution >= 0.6 is 0 Å². The van der Waals surface area contributed by atoms with Gasteiger partial charge in [-0.3, -0.25) is 9.59 Å². The van der Waals surface area contributed by atoms with Gasteiger partial charge in [-0.15, -0.1) is 0 Å². The van der Waals surface area contributed by atoms with Crippen molar-refractivity contribution in [1.82, 2.24) is 10.2 Å². The van der Waals surface area contributed by atoms with Crippen molar-refractivity contribution in [3.63, 3.8) is 0 Å². The van der Waals surface area contributed by atoms with Crippen molar-refractivity contribution in [1.29, 1.82) is 0 Å². The van der Waals surface area contributed by atoms with Crippen molar-refractivity contribution in [2.24, 2.45) is 0 Å². The van der Waals surface area contributed by atoms with Gasteiger partial charge in [-0.2, -0.15) is 13.2 Å². The van der Waals surface area contributed by atoms with Crippen LogP contribution in [0, 0.1) is 13.8 Å². The minimum absolute atomic E-state index is 0.0211. The van der Waals surface area contributed by atoms with E-state index in [1.165, 1.54) is 12.1 Å². The molecule has 1 aromatic heterocycles. The Kier molecular flexibility index (Phi) is 7.60. The number of carbonyl (C=O) groups excluding carboxylic acids is 2. The predicted octanol–water partition coefficient (Wildman–Crippen LogP) is 4.24. The Hall–Kier alpha value is -2.81.